The fraction of sp³-hybridized carbons (Fsp3) is 0.917. The van der Waals surface area contributed by atoms with Crippen LogP contribution in [-0.2, 0) is 9.53 Å². The molecule has 1 amide bonds. The first-order valence-corrected chi connectivity index (χ1v) is 6.24. The van der Waals surface area contributed by atoms with Crippen molar-refractivity contribution in [1.82, 2.24) is 4.90 Å². The highest BCUT2D eigenvalue weighted by molar-refractivity contribution is 5.85. The average molecular weight is 263 g/mol. The number of methoxy groups -OCH3 is 1. The van der Waals surface area contributed by atoms with E-state index in [1.54, 1.807) is 7.11 Å². The lowest BCUT2D eigenvalue weighted by Gasteiger charge is -2.25. The second-order valence-electron chi connectivity index (χ2n) is 5.19. The Labute approximate surface area is 109 Å². The van der Waals surface area contributed by atoms with Gasteiger partial charge in [0.15, 0.2) is 0 Å². The van der Waals surface area contributed by atoms with Crippen LogP contribution in [0.4, 0.5) is 0 Å². The predicted octanol–water partition coefficient (Wildman–Crippen LogP) is 1.03. The van der Waals surface area contributed by atoms with Gasteiger partial charge in [0.25, 0.3) is 0 Å². The lowest BCUT2D eigenvalue weighted by molar-refractivity contribution is -0.134. The van der Waals surface area contributed by atoms with Crippen molar-refractivity contribution in [3.05, 3.63) is 0 Å². The van der Waals surface area contributed by atoms with Crippen molar-refractivity contribution >= 4 is 18.3 Å². The van der Waals surface area contributed by atoms with Crippen LogP contribution in [0.2, 0.25) is 0 Å². The minimum Gasteiger partial charge on any atom is -0.383 e. The zero-order valence-corrected chi connectivity index (χ0v) is 11.2. The Balaban J connectivity index is 0.00000144. The van der Waals surface area contributed by atoms with Gasteiger partial charge in [-0.1, -0.05) is 0 Å². The molecule has 17 heavy (non-hydrogen) atoms. The van der Waals surface area contributed by atoms with Crippen LogP contribution < -0.4 is 5.73 Å². The number of nitrogens with zero attached hydrogens (tertiary/aromatic N) is 1. The Bertz CT molecular complexity index is 241. The topological polar surface area (TPSA) is 55.6 Å². The number of halogens is 1. The molecule has 0 aromatic heterocycles. The predicted molar refractivity (Wildman–Crippen MR) is 69.1 cm³/mol. The Kier molecular flexibility index (Phi) is 5.70. The first-order chi connectivity index (χ1) is 7.70. The van der Waals surface area contributed by atoms with Crippen LogP contribution in [0, 0.1) is 11.8 Å². The molecule has 0 spiro atoms. The van der Waals surface area contributed by atoms with Crippen molar-refractivity contribution in [3.63, 3.8) is 0 Å². The molecule has 0 radical (unpaired) electrons. The molecule has 2 rings (SSSR count). The Morgan fingerprint density at radius 1 is 1.29 bits per heavy atom. The molecule has 2 saturated carbocycles. The molecule has 0 bridgehead atoms. The molecule has 5 heteroatoms. The van der Waals surface area contributed by atoms with Gasteiger partial charge in [-0.3, -0.25) is 4.79 Å². The summed E-state index contributed by atoms with van der Waals surface area (Å²) in [6.07, 6.45) is 5.09. The maximum absolute atomic E-state index is 12.1. The summed E-state index contributed by atoms with van der Waals surface area (Å²) in [4.78, 5) is 14.1. The largest absolute Gasteiger partial charge is 0.383 e. The third kappa shape index (κ3) is 4.82. The van der Waals surface area contributed by atoms with Crippen LogP contribution in [-0.4, -0.2) is 43.7 Å². The van der Waals surface area contributed by atoms with Crippen molar-refractivity contribution in [2.75, 3.05) is 26.8 Å². The molecule has 2 aliphatic carbocycles. The minimum absolute atomic E-state index is 0. The summed E-state index contributed by atoms with van der Waals surface area (Å²) in [5.41, 5.74) is 5.80. The van der Waals surface area contributed by atoms with Gasteiger partial charge in [0.1, 0.15) is 6.04 Å². The quantitative estimate of drug-likeness (QED) is 0.746. The molecule has 1 unspecified atom stereocenters. The van der Waals surface area contributed by atoms with Gasteiger partial charge in [-0.25, -0.2) is 0 Å². The smallest absolute Gasteiger partial charge is 0.241 e. The summed E-state index contributed by atoms with van der Waals surface area (Å²) < 4.78 is 4.94. The van der Waals surface area contributed by atoms with E-state index in [1.165, 1.54) is 25.7 Å². The third-order valence-electron chi connectivity index (χ3n) is 3.33. The van der Waals surface area contributed by atoms with Gasteiger partial charge in [0.2, 0.25) is 5.91 Å². The van der Waals surface area contributed by atoms with E-state index in [-0.39, 0.29) is 18.3 Å². The van der Waals surface area contributed by atoms with Crippen LogP contribution in [0.3, 0.4) is 0 Å². The lowest BCUT2D eigenvalue weighted by atomic mass is 10.2. The van der Waals surface area contributed by atoms with Crippen LogP contribution in [0.1, 0.15) is 25.7 Å². The van der Waals surface area contributed by atoms with E-state index >= 15 is 0 Å². The molecule has 0 aliphatic heterocycles. The number of nitrogens with two attached hydrogens (primary N) is 1. The number of hydrogen-bond donors (Lipinski definition) is 1. The van der Waals surface area contributed by atoms with Crippen LogP contribution in [0.15, 0.2) is 0 Å². The van der Waals surface area contributed by atoms with Crippen molar-refractivity contribution in [2.24, 2.45) is 17.6 Å². The average Bonchev–Trinajstić information content (AvgIpc) is 3.10. The lowest BCUT2D eigenvalue weighted by Crippen LogP contribution is -2.47. The van der Waals surface area contributed by atoms with Crippen molar-refractivity contribution in [1.29, 1.82) is 0 Å². The summed E-state index contributed by atoms with van der Waals surface area (Å²) in [5, 5.41) is 0. The molecule has 2 fully saturated rings. The molecule has 100 valence electrons. The highest BCUT2D eigenvalue weighted by atomic mass is 35.5. The Hall–Kier alpha value is -0.320. The molecule has 0 heterocycles. The van der Waals surface area contributed by atoms with Gasteiger partial charge in [0.05, 0.1) is 6.61 Å². The molecule has 0 aromatic carbocycles. The summed E-state index contributed by atoms with van der Waals surface area (Å²) >= 11 is 0. The summed E-state index contributed by atoms with van der Waals surface area (Å²) in [6, 6.07) is -0.484. The molecular weight excluding hydrogens is 240 g/mol. The highest BCUT2D eigenvalue weighted by Crippen LogP contribution is 2.33. The first-order valence-electron chi connectivity index (χ1n) is 6.24. The van der Waals surface area contributed by atoms with Gasteiger partial charge < -0.3 is 15.4 Å². The molecule has 2 N–H and O–H groups in total. The fourth-order valence-corrected chi connectivity index (χ4v) is 1.96. The van der Waals surface area contributed by atoms with Gasteiger partial charge in [-0.05, 0) is 37.5 Å². The van der Waals surface area contributed by atoms with E-state index in [4.69, 9.17) is 10.5 Å². The van der Waals surface area contributed by atoms with Gasteiger partial charge in [0, 0.05) is 20.2 Å². The maximum atomic E-state index is 12.1. The second kappa shape index (κ2) is 6.57. The van der Waals surface area contributed by atoms with E-state index in [2.05, 4.69) is 0 Å². The highest BCUT2D eigenvalue weighted by Gasteiger charge is 2.33. The van der Waals surface area contributed by atoms with Crippen molar-refractivity contribution in [2.45, 2.75) is 31.7 Å². The van der Waals surface area contributed by atoms with E-state index < -0.39 is 6.04 Å². The van der Waals surface area contributed by atoms with Crippen molar-refractivity contribution in [3.8, 4) is 0 Å². The zero-order valence-electron chi connectivity index (χ0n) is 10.4. The summed E-state index contributed by atoms with van der Waals surface area (Å²) in [7, 11) is 1.58. The van der Waals surface area contributed by atoms with Crippen LogP contribution in [0.25, 0.3) is 0 Å². The van der Waals surface area contributed by atoms with Gasteiger partial charge >= 0.3 is 0 Å². The number of carbonyl (C=O) groups excluding carboxylic acids is 1. The number of hydrogen-bond acceptors (Lipinski definition) is 3. The monoisotopic (exact) mass is 262 g/mol. The van der Waals surface area contributed by atoms with Gasteiger partial charge in [-0.2, -0.15) is 0 Å². The Morgan fingerprint density at radius 2 is 1.76 bits per heavy atom. The second-order valence-corrected chi connectivity index (χ2v) is 5.19. The van der Waals surface area contributed by atoms with Crippen LogP contribution >= 0.6 is 12.4 Å². The zero-order chi connectivity index (χ0) is 11.5. The van der Waals surface area contributed by atoms with E-state index in [1.807, 2.05) is 4.90 Å². The molecule has 1 atom stereocenters. The van der Waals surface area contributed by atoms with Crippen LogP contribution in [0.5, 0.6) is 0 Å². The molecule has 0 saturated heterocycles. The molecule has 2 aliphatic rings. The summed E-state index contributed by atoms with van der Waals surface area (Å²) in [5.74, 6) is 1.54. The molecule has 0 aromatic rings. The maximum Gasteiger partial charge on any atom is 0.241 e. The third-order valence-corrected chi connectivity index (χ3v) is 3.33. The van der Waals surface area contributed by atoms with E-state index in [9.17, 15) is 4.79 Å². The number of rotatable bonds is 7. The number of carbonyl (C=O) groups is 1. The fourth-order valence-electron chi connectivity index (χ4n) is 1.96. The first kappa shape index (κ1) is 14.7. The normalized spacial score (nSPS) is 20.6. The van der Waals surface area contributed by atoms with E-state index in [0.717, 1.165) is 24.9 Å². The molecule has 4 nitrogen and oxygen atoms in total. The minimum atomic E-state index is -0.484. The van der Waals surface area contributed by atoms with Gasteiger partial charge in [-0.15, -0.1) is 12.4 Å². The molecular formula is C12H23ClN2O2. The van der Waals surface area contributed by atoms with Crippen molar-refractivity contribution < 1.29 is 9.53 Å². The number of ether oxygens (including phenoxy) is 1. The number of amides is 1. The SMILES string of the molecule is COCC(N)C(=O)N(CC1CC1)CC1CC1.Cl. The van der Waals surface area contributed by atoms with E-state index in [0.29, 0.717) is 6.61 Å². The summed E-state index contributed by atoms with van der Waals surface area (Å²) in [6.45, 7) is 2.14. The standard InChI is InChI=1S/C12H22N2O2.ClH/c1-16-8-11(13)12(15)14(6-9-2-3-9)7-10-4-5-10;/h9-11H,2-8,13H2,1H3;1H. The Morgan fingerprint density at radius 3 is 2.12 bits per heavy atom.